The van der Waals surface area contributed by atoms with Crippen molar-refractivity contribution >= 4 is 0 Å². The molecule has 3 heteroatoms. The number of rotatable bonds is 1. The van der Waals surface area contributed by atoms with Crippen LogP contribution in [-0.4, -0.2) is 14.7 Å². The number of aromatic nitrogens is 2. The van der Waals surface area contributed by atoms with Crippen LogP contribution >= 0.6 is 0 Å². The summed E-state index contributed by atoms with van der Waals surface area (Å²) >= 11 is 0. The number of aliphatic hydroxyl groups is 1. The first-order valence-corrected chi connectivity index (χ1v) is 8.21. The normalized spacial score (nSPS) is 24.8. The Morgan fingerprint density at radius 2 is 1.78 bits per heavy atom. The van der Waals surface area contributed by atoms with Crippen LogP contribution in [0.4, 0.5) is 0 Å². The third-order valence-corrected chi connectivity index (χ3v) is 5.45. The van der Waals surface area contributed by atoms with E-state index in [4.69, 9.17) is 0 Å². The first kappa shape index (κ1) is 13.1. The largest absolute Gasteiger partial charge is 0.388 e. The van der Waals surface area contributed by atoms with E-state index in [1.807, 2.05) is 18.6 Å². The highest BCUT2D eigenvalue weighted by molar-refractivity contribution is 5.69. The van der Waals surface area contributed by atoms with E-state index >= 15 is 0 Å². The van der Waals surface area contributed by atoms with Crippen molar-refractivity contribution in [2.24, 2.45) is 5.92 Å². The van der Waals surface area contributed by atoms with Crippen LogP contribution in [0.15, 0.2) is 61.1 Å². The summed E-state index contributed by atoms with van der Waals surface area (Å²) in [6, 6.07) is 17.0. The van der Waals surface area contributed by atoms with Gasteiger partial charge in [-0.15, -0.1) is 0 Å². The van der Waals surface area contributed by atoms with Crippen LogP contribution in [0.25, 0.3) is 11.3 Å². The van der Waals surface area contributed by atoms with Crippen LogP contribution in [0, 0.1) is 5.92 Å². The first-order chi connectivity index (χ1) is 11.3. The van der Waals surface area contributed by atoms with Crippen molar-refractivity contribution < 1.29 is 5.11 Å². The van der Waals surface area contributed by atoms with Crippen LogP contribution in [0.3, 0.4) is 0 Å². The number of fused-ring (bicyclic) bond motifs is 4. The van der Waals surface area contributed by atoms with Gasteiger partial charge in [0, 0.05) is 11.5 Å². The van der Waals surface area contributed by atoms with E-state index in [0.717, 1.165) is 24.1 Å². The van der Waals surface area contributed by atoms with Crippen LogP contribution in [0.1, 0.15) is 35.3 Å². The van der Waals surface area contributed by atoms with E-state index in [-0.39, 0.29) is 12.0 Å². The lowest BCUT2D eigenvalue weighted by atomic mass is 9.76. The molecule has 0 radical (unpaired) electrons. The number of aryl methyl sites for hydroxylation is 1. The van der Waals surface area contributed by atoms with Crippen molar-refractivity contribution in [3.63, 3.8) is 0 Å². The van der Waals surface area contributed by atoms with Gasteiger partial charge in [-0.1, -0.05) is 48.5 Å². The minimum atomic E-state index is -0.425. The Bertz CT molecular complexity index is 883. The third-order valence-electron chi connectivity index (χ3n) is 5.45. The molecule has 0 amide bonds. The molecule has 1 aliphatic heterocycles. The Hall–Kier alpha value is -2.39. The van der Waals surface area contributed by atoms with Gasteiger partial charge in [0.2, 0.25) is 0 Å². The van der Waals surface area contributed by atoms with Crippen molar-refractivity contribution in [2.75, 3.05) is 0 Å². The van der Waals surface area contributed by atoms with Gasteiger partial charge in [0.1, 0.15) is 0 Å². The molecule has 2 aromatic carbocycles. The molecule has 3 atom stereocenters. The fourth-order valence-corrected chi connectivity index (χ4v) is 4.40. The van der Waals surface area contributed by atoms with Crippen LogP contribution in [0.5, 0.6) is 0 Å². The Kier molecular flexibility index (Phi) is 2.73. The second-order valence-electron chi connectivity index (χ2n) is 6.56. The molecule has 0 saturated carbocycles. The van der Waals surface area contributed by atoms with E-state index in [9.17, 15) is 5.11 Å². The van der Waals surface area contributed by atoms with Gasteiger partial charge >= 0.3 is 0 Å². The maximum Gasteiger partial charge on any atom is 0.0956 e. The van der Waals surface area contributed by atoms with Crippen LogP contribution in [0.2, 0.25) is 0 Å². The lowest BCUT2D eigenvalue weighted by Crippen LogP contribution is -2.28. The molecule has 1 aromatic heterocycles. The maximum atomic E-state index is 11.0. The zero-order valence-corrected chi connectivity index (χ0v) is 12.8. The topological polar surface area (TPSA) is 38.1 Å². The monoisotopic (exact) mass is 302 g/mol. The summed E-state index contributed by atoms with van der Waals surface area (Å²) < 4.78 is 2.24. The van der Waals surface area contributed by atoms with Crippen molar-refractivity contribution in [1.82, 2.24) is 9.55 Å². The summed E-state index contributed by atoms with van der Waals surface area (Å²) in [5.74, 6) is 0.182. The quantitative estimate of drug-likeness (QED) is 0.743. The minimum absolute atomic E-state index is 0.173. The van der Waals surface area contributed by atoms with Crippen molar-refractivity contribution in [3.05, 3.63) is 77.7 Å². The summed E-state index contributed by atoms with van der Waals surface area (Å²) in [5, 5.41) is 11.0. The lowest BCUT2D eigenvalue weighted by molar-refractivity contribution is 0.0720. The molecule has 0 fully saturated rings. The van der Waals surface area contributed by atoms with Crippen LogP contribution < -0.4 is 0 Å². The summed E-state index contributed by atoms with van der Waals surface area (Å²) in [5.41, 5.74) is 6.11. The molecule has 1 aliphatic carbocycles. The number of imidazole rings is 1. The number of benzene rings is 2. The van der Waals surface area contributed by atoms with Gasteiger partial charge in [0.15, 0.2) is 0 Å². The van der Waals surface area contributed by atoms with Gasteiger partial charge in [-0.25, -0.2) is 4.98 Å². The minimum Gasteiger partial charge on any atom is -0.388 e. The maximum absolute atomic E-state index is 11.0. The van der Waals surface area contributed by atoms with Crippen molar-refractivity contribution in [3.8, 4) is 11.3 Å². The third kappa shape index (κ3) is 1.77. The highest BCUT2D eigenvalue weighted by atomic mass is 16.3. The molecule has 5 rings (SSSR count). The second-order valence-corrected chi connectivity index (χ2v) is 6.56. The predicted octanol–water partition coefficient (Wildman–Crippen LogP) is 3.75. The van der Waals surface area contributed by atoms with Gasteiger partial charge in [-0.3, -0.25) is 0 Å². The first-order valence-electron chi connectivity index (χ1n) is 8.21. The lowest BCUT2D eigenvalue weighted by Gasteiger charge is -2.35. The zero-order chi connectivity index (χ0) is 15.4. The summed E-state index contributed by atoms with van der Waals surface area (Å²) in [6.45, 7) is 0. The highest BCUT2D eigenvalue weighted by Gasteiger charge is 2.40. The molecule has 0 bridgehead atoms. The van der Waals surface area contributed by atoms with Gasteiger partial charge < -0.3 is 9.67 Å². The Balaban J connectivity index is 1.64. The highest BCUT2D eigenvalue weighted by Crippen LogP contribution is 2.49. The molecule has 3 aromatic rings. The summed E-state index contributed by atoms with van der Waals surface area (Å²) in [7, 11) is 0. The predicted molar refractivity (Wildman–Crippen MR) is 89.0 cm³/mol. The zero-order valence-electron chi connectivity index (χ0n) is 12.8. The molecule has 114 valence electrons. The average Bonchev–Trinajstić information content (AvgIpc) is 3.17. The average molecular weight is 302 g/mol. The smallest absolute Gasteiger partial charge is 0.0956 e. The number of nitrogens with zero attached hydrogens (tertiary/aromatic N) is 2. The van der Waals surface area contributed by atoms with E-state index in [0.29, 0.717) is 0 Å². The molecule has 0 spiro atoms. The Labute approximate surface area is 135 Å². The summed E-state index contributed by atoms with van der Waals surface area (Å²) in [6.07, 6.45) is 5.44. The van der Waals surface area contributed by atoms with Gasteiger partial charge in [0.05, 0.1) is 30.4 Å². The summed E-state index contributed by atoms with van der Waals surface area (Å²) in [4.78, 5) is 4.34. The molecular weight excluding hydrogens is 284 g/mol. The van der Waals surface area contributed by atoms with E-state index < -0.39 is 6.10 Å². The molecule has 2 heterocycles. The second kappa shape index (κ2) is 4.80. The van der Waals surface area contributed by atoms with Crippen molar-refractivity contribution in [1.29, 1.82) is 0 Å². The van der Waals surface area contributed by atoms with Gasteiger partial charge in [-0.05, 0) is 29.5 Å². The number of hydrogen-bond donors (Lipinski definition) is 1. The standard InChI is InChI=1S/C20H18N2O/c23-20-14-6-2-1-5-13(14)9-10-17(20)19-16-8-4-3-7-15(16)18-11-21-12-22(18)19/h1-8,11-12,17,19-20,23H,9-10H2/t17-,19?,20+/m1/s1. The van der Waals surface area contributed by atoms with Crippen molar-refractivity contribution in [2.45, 2.75) is 25.0 Å². The van der Waals surface area contributed by atoms with Gasteiger partial charge in [0.25, 0.3) is 0 Å². The fraction of sp³-hybridized carbons (Fsp3) is 0.250. The SMILES string of the molecule is O[C@H]1c2ccccc2CC[C@@H]1C1c2ccccc2-c2cncn21. The molecule has 1 N–H and O–H groups in total. The van der Waals surface area contributed by atoms with E-state index in [1.54, 1.807) is 0 Å². The number of hydrogen-bond acceptors (Lipinski definition) is 2. The van der Waals surface area contributed by atoms with E-state index in [2.05, 4.69) is 52.0 Å². The number of aliphatic hydroxyl groups excluding tert-OH is 1. The van der Waals surface area contributed by atoms with Gasteiger partial charge in [-0.2, -0.15) is 0 Å². The molecule has 3 nitrogen and oxygen atoms in total. The molecule has 2 aliphatic rings. The van der Waals surface area contributed by atoms with E-state index in [1.165, 1.54) is 16.7 Å². The Morgan fingerprint density at radius 1 is 1.00 bits per heavy atom. The Morgan fingerprint density at radius 3 is 2.70 bits per heavy atom. The molecule has 0 saturated heterocycles. The molecular formula is C20H18N2O. The molecule has 23 heavy (non-hydrogen) atoms. The molecule has 1 unspecified atom stereocenters. The van der Waals surface area contributed by atoms with Crippen LogP contribution in [-0.2, 0) is 6.42 Å². The fourth-order valence-electron chi connectivity index (χ4n) is 4.40.